The number of benzene rings is 1. The number of aromatic amines is 1. The van der Waals surface area contributed by atoms with Gasteiger partial charge in [-0.25, -0.2) is 4.79 Å². The van der Waals surface area contributed by atoms with E-state index < -0.39 is 0 Å². The van der Waals surface area contributed by atoms with E-state index in [1.54, 1.807) is 11.3 Å². The Balaban J connectivity index is 1.56. The second kappa shape index (κ2) is 5.74. The molecule has 0 aliphatic carbocycles. The first-order chi connectivity index (χ1) is 11.3. The third kappa shape index (κ3) is 2.51. The Morgan fingerprint density at radius 1 is 1.39 bits per heavy atom. The van der Waals surface area contributed by atoms with Gasteiger partial charge >= 0.3 is 6.03 Å². The summed E-state index contributed by atoms with van der Waals surface area (Å²) >= 11 is 1.80. The lowest BCUT2D eigenvalue weighted by Crippen LogP contribution is -2.41. The molecule has 1 aliphatic heterocycles. The first-order valence-electron chi connectivity index (χ1n) is 7.97. The minimum Gasteiger partial charge on any atom is -0.361 e. The van der Waals surface area contributed by atoms with Crippen LogP contribution in [0.4, 0.5) is 10.5 Å². The first-order valence-corrected chi connectivity index (χ1v) is 8.85. The normalized spacial score (nSPS) is 17.3. The van der Waals surface area contributed by atoms with E-state index in [1.807, 2.05) is 35.4 Å². The number of aromatic nitrogens is 1. The highest BCUT2D eigenvalue weighted by molar-refractivity contribution is 7.10. The lowest BCUT2D eigenvalue weighted by atomic mass is 9.98. The molecule has 2 amide bonds. The minimum absolute atomic E-state index is 0.0106. The number of hydrogen-bond donors (Lipinski definition) is 2. The van der Waals surface area contributed by atoms with Gasteiger partial charge in [-0.3, -0.25) is 0 Å². The van der Waals surface area contributed by atoms with E-state index in [4.69, 9.17) is 0 Å². The van der Waals surface area contributed by atoms with Crippen molar-refractivity contribution in [1.82, 2.24) is 9.88 Å². The summed E-state index contributed by atoms with van der Waals surface area (Å²) in [6.07, 6.45) is 3.80. The molecular formula is C18H19N3OS. The molecule has 0 spiro atoms. The first kappa shape index (κ1) is 14.3. The zero-order valence-corrected chi connectivity index (χ0v) is 13.8. The van der Waals surface area contributed by atoms with Crippen molar-refractivity contribution in [2.24, 2.45) is 0 Å². The molecule has 5 heteroatoms. The summed E-state index contributed by atoms with van der Waals surface area (Å²) in [6.45, 7) is 2.92. The predicted octanol–water partition coefficient (Wildman–Crippen LogP) is 4.77. The van der Waals surface area contributed by atoms with Gasteiger partial charge in [-0.15, -0.1) is 11.3 Å². The summed E-state index contributed by atoms with van der Waals surface area (Å²) in [7, 11) is 0. The molecule has 0 saturated heterocycles. The van der Waals surface area contributed by atoms with Crippen LogP contribution >= 0.6 is 11.3 Å². The van der Waals surface area contributed by atoms with Crippen molar-refractivity contribution < 1.29 is 4.79 Å². The van der Waals surface area contributed by atoms with Crippen LogP contribution in [0.2, 0.25) is 0 Å². The van der Waals surface area contributed by atoms with Gasteiger partial charge in [0, 0.05) is 34.2 Å². The average Bonchev–Trinajstić information content (AvgIpc) is 3.21. The lowest BCUT2D eigenvalue weighted by molar-refractivity contribution is 0.181. The summed E-state index contributed by atoms with van der Waals surface area (Å²) in [5.74, 6) is 0. The van der Waals surface area contributed by atoms with Crippen molar-refractivity contribution in [1.29, 1.82) is 0 Å². The smallest absolute Gasteiger partial charge is 0.322 e. The van der Waals surface area contributed by atoms with Crippen LogP contribution in [-0.2, 0) is 6.42 Å². The van der Waals surface area contributed by atoms with Gasteiger partial charge in [-0.2, -0.15) is 0 Å². The third-order valence-corrected chi connectivity index (χ3v) is 5.54. The molecule has 0 radical (unpaired) electrons. The van der Waals surface area contributed by atoms with Crippen molar-refractivity contribution in [2.45, 2.75) is 25.8 Å². The predicted molar refractivity (Wildman–Crippen MR) is 95.1 cm³/mol. The van der Waals surface area contributed by atoms with Crippen LogP contribution in [0.5, 0.6) is 0 Å². The summed E-state index contributed by atoms with van der Waals surface area (Å²) in [5.41, 5.74) is 3.24. The van der Waals surface area contributed by atoms with Crippen molar-refractivity contribution in [3.63, 3.8) is 0 Å². The SMILES string of the molecule is CC[C@H]1c2ccsc2CCN1C(=O)Nc1ccc2[nH]ccc2c1. The number of nitrogens with one attached hydrogen (secondary N) is 2. The van der Waals surface area contributed by atoms with E-state index >= 15 is 0 Å². The van der Waals surface area contributed by atoms with Crippen LogP contribution in [-0.4, -0.2) is 22.5 Å². The molecule has 0 saturated carbocycles. The largest absolute Gasteiger partial charge is 0.361 e. The lowest BCUT2D eigenvalue weighted by Gasteiger charge is -2.35. The highest BCUT2D eigenvalue weighted by Crippen LogP contribution is 2.35. The number of amides is 2. The fourth-order valence-electron chi connectivity index (χ4n) is 3.41. The summed E-state index contributed by atoms with van der Waals surface area (Å²) in [6, 6.07) is 10.3. The van der Waals surface area contributed by atoms with Crippen LogP contribution in [0.3, 0.4) is 0 Å². The van der Waals surface area contributed by atoms with Crippen LogP contribution in [0.15, 0.2) is 41.9 Å². The number of hydrogen-bond acceptors (Lipinski definition) is 2. The Morgan fingerprint density at radius 2 is 2.30 bits per heavy atom. The maximum absolute atomic E-state index is 12.8. The van der Waals surface area contributed by atoms with Crippen molar-refractivity contribution in [3.05, 3.63) is 52.3 Å². The highest BCUT2D eigenvalue weighted by Gasteiger charge is 2.30. The molecule has 1 aliphatic rings. The Bertz CT molecular complexity index is 851. The molecule has 1 aromatic carbocycles. The van der Waals surface area contributed by atoms with Crippen LogP contribution < -0.4 is 5.32 Å². The average molecular weight is 325 g/mol. The fourth-order valence-corrected chi connectivity index (χ4v) is 4.33. The van der Waals surface area contributed by atoms with Gasteiger partial charge in [-0.1, -0.05) is 6.92 Å². The molecule has 4 rings (SSSR count). The second-order valence-corrected chi connectivity index (χ2v) is 6.88. The molecule has 23 heavy (non-hydrogen) atoms. The minimum atomic E-state index is -0.0106. The third-order valence-electron chi connectivity index (χ3n) is 4.55. The number of H-pyrrole nitrogens is 1. The summed E-state index contributed by atoms with van der Waals surface area (Å²) in [5, 5.41) is 6.30. The number of carbonyl (C=O) groups is 1. The van der Waals surface area contributed by atoms with E-state index in [-0.39, 0.29) is 12.1 Å². The molecule has 4 nitrogen and oxygen atoms in total. The Morgan fingerprint density at radius 3 is 3.17 bits per heavy atom. The van der Waals surface area contributed by atoms with E-state index in [0.717, 1.165) is 36.0 Å². The van der Waals surface area contributed by atoms with Crippen molar-refractivity contribution in [3.8, 4) is 0 Å². The van der Waals surface area contributed by atoms with Gasteiger partial charge in [0.05, 0.1) is 6.04 Å². The van der Waals surface area contributed by atoms with Gasteiger partial charge in [0.1, 0.15) is 0 Å². The topological polar surface area (TPSA) is 48.1 Å². The van der Waals surface area contributed by atoms with E-state index in [0.29, 0.717) is 0 Å². The Labute approximate surface area is 139 Å². The van der Waals surface area contributed by atoms with Gasteiger partial charge in [0.25, 0.3) is 0 Å². The van der Waals surface area contributed by atoms with Gasteiger partial charge in [0.2, 0.25) is 0 Å². The molecule has 2 N–H and O–H groups in total. The number of rotatable bonds is 2. The molecule has 3 heterocycles. The molecule has 0 fully saturated rings. The van der Waals surface area contributed by atoms with E-state index in [2.05, 4.69) is 28.7 Å². The number of anilines is 1. The van der Waals surface area contributed by atoms with Crippen molar-refractivity contribution >= 4 is 34.0 Å². The quantitative estimate of drug-likeness (QED) is 0.700. The van der Waals surface area contributed by atoms with E-state index in [9.17, 15) is 4.79 Å². The van der Waals surface area contributed by atoms with Gasteiger partial charge < -0.3 is 15.2 Å². The van der Waals surface area contributed by atoms with Crippen LogP contribution in [0, 0.1) is 0 Å². The fraction of sp³-hybridized carbons (Fsp3) is 0.278. The molecule has 0 bridgehead atoms. The van der Waals surface area contributed by atoms with Gasteiger partial charge in [-0.05, 0) is 54.1 Å². The van der Waals surface area contributed by atoms with Crippen molar-refractivity contribution in [2.75, 3.05) is 11.9 Å². The van der Waals surface area contributed by atoms with E-state index in [1.165, 1.54) is 10.4 Å². The summed E-state index contributed by atoms with van der Waals surface area (Å²) < 4.78 is 0. The second-order valence-electron chi connectivity index (χ2n) is 5.88. The Kier molecular flexibility index (Phi) is 3.58. The molecule has 0 unspecified atom stereocenters. The van der Waals surface area contributed by atoms with Crippen LogP contribution in [0.25, 0.3) is 10.9 Å². The number of carbonyl (C=O) groups excluding carboxylic acids is 1. The molecular weight excluding hydrogens is 306 g/mol. The number of fused-ring (bicyclic) bond motifs is 2. The van der Waals surface area contributed by atoms with Gasteiger partial charge in [0.15, 0.2) is 0 Å². The molecule has 3 aromatic rings. The Hall–Kier alpha value is -2.27. The zero-order chi connectivity index (χ0) is 15.8. The number of urea groups is 1. The maximum Gasteiger partial charge on any atom is 0.322 e. The van der Waals surface area contributed by atoms with Crippen LogP contribution in [0.1, 0.15) is 29.8 Å². The monoisotopic (exact) mass is 325 g/mol. The summed E-state index contributed by atoms with van der Waals surface area (Å²) in [4.78, 5) is 19.3. The molecule has 118 valence electrons. The molecule has 1 atom stereocenters. The number of thiophene rings is 1. The highest BCUT2D eigenvalue weighted by atomic mass is 32.1. The number of nitrogens with zero attached hydrogens (tertiary/aromatic N) is 1. The maximum atomic E-state index is 12.8. The zero-order valence-electron chi connectivity index (χ0n) is 13.0. The standard InChI is InChI=1S/C18H19N3OS/c1-2-16-14-7-10-23-17(14)6-9-21(16)18(22)20-13-3-4-15-12(11-13)5-8-19-15/h3-5,7-8,10-11,16,19H,2,6,9H2,1H3,(H,20,22)/t16-/m0/s1. The molecule has 2 aromatic heterocycles.